The topological polar surface area (TPSA) is 138 Å². The molecule has 1 atom stereocenters. The minimum absolute atomic E-state index is 0.119. The van der Waals surface area contributed by atoms with Crippen LogP contribution in [0.15, 0.2) is 53.4 Å². The molecule has 11 heteroatoms. The number of rotatable bonds is 9. The van der Waals surface area contributed by atoms with Gasteiger partial charge in [-0.25, -0.2) is 16.8 Å². The summed E-state index contributed by atoms with van der Waals surface area (Å²) < 4.78 is 50.7. The molecular weight excluding hydrogens is 450 g/mol. The number of nitriles is 1. The highest BCUT2D eigenvalue weighted by atomic mass is 35.5. The highest BCUT2D eigenvalue weighted by Crippen LogP contribution is 2.24. The summed E-state index contributed by atoms with van der Waals surface area (Å²) in [7, 11) is -7.70. The van der Waals surface area contributed by atoms with Crippen molar-refractivity contribution in [3.8, 4) is 6.07 Å². The van der Waals surface area contributed by atoms with E-state index in [1.807, 2.05) is 6.07 Å². The summed E-state index contributed by atoms with van der Waals surface area (Å²) in [6.07, 6.45) is 0.695. The minimum atomic E-state index is -4.23. The molecular formula is C19H20ClN3O5S2. The molecule has 2 aromatic rings. The molecule has 0 heterocycles. The highest BCUT2D eigenvalue weighted by molar-refractivity contribution is 7.90. The molecule has 0 fully saturated rings. The van der Waals surface area contributed by atoms with E-state index in [9.17, 15) is 21.6 Å². The summed E-state index contributed by atoms with van der Waals surface area (Å²) in [6, 6.07) is 12.1. The molecule has 0 saturated heterocycles. The number of amides is 1. The number of sulfone groups is 1. The van der Waals surface area contributed by atoms with E-state index in [0.29, 0.717) is 16.1 Å². The Hall–Kier alpha value is -2.45. The van der Waals surface area contributed by atoms with Crippen molar-refractivity contribution >= 4 is 37.4 Å². The summed E-state index contributed by atoms with van der Waals surface area (Å²) in [5, 5.41) is 9.26. The Labute approximate surface area is 180 Å². The second-order valence-electron chi connectivity index (χ2n) is 6.65. The van der Waals surface area contributed by atoms with Crippen molar-refractivity contribution in [1.29, 1.82) is 5.26 Å². The molecule has 0 radical (unpaired) electrons. The van der Waals surface area contributed by atoms with E-state index in [-0.39, 0.29) is 17.9 Å². The van der Waals surface area contributed by atoms with Gasteiger partial charge in [0.15, 0.2) is 0 Å². The molecule has 0 aromatic heterocycles. The fourth-order valence-electron chi connectivity index (χ4n) is 2.72. The largest absolute Gasteiger partial charge is 0.368 e. The first-order valence-corrected chi connectivity index (χ1v) is 12.6. The van der Waals surface area contributed by atoms with E-state index in [4.69, 9.17) is 22.6 Å². The number of sulfonamides is 1. The maximum atomic E-state index is 13.3. The van der Waals surface area contributed by atoms with Gasteiger partial charge < -0.3 is 5.73 Å². The van der Waals surface area contributed by atoms with Crippen LogP contribution in [0.3, 0.4) is 0 Å². The van der Waals surface area contributed by atoms with Crippen molar-refractivity contribution < 1.29 is 21.6 Å². The molecule has 0 aliphatic rings. The van der Waals surface area contributed by atoms with Gasteiger partial charge >= 0.3 is 0 Å². The average Bonchev–Trinajstić information content (AvgIpc) is 2.67. The first kappa shape index (κ1) is 23.8. The molecule has 1 amide bonds. The molecule has 160 valence electrons. The second-order valence-corrected chi connectivity index (χ2v) is 11.2. The van der Waals surface area contributed by atoms with E-state index in [2.05, 4.69) is 0 Å². The van der Waals surface area contributed by atoms with Gasteiger partial charge in [-0.3, -0.25) is 4.79 Å². The molecule has 0 aliphatic carbocycles. The molecule has 30 heavy (non-hydrogen) atoms. The predicted molar refractivity (Wildman–Crippen MR) is 113 cm³/mol. The van der Waals surface area contributed by atoms with Crippen molar-refractivity contribution in [2.45, 2.75) is 23.9 Å². The predicted octanol–water partition coefficient (Wildman–Crippen LogP) is 1.69. The zero-order chi connectivity index (χ0) is 22.5. The number of hydrogen-bond donors (Lipinski definition) is 1. The smallest absolute Gasteiger partial charge is 0.244 e. The first-order valence-electron chi connectivity index (χ1n) is 8.67. The van der Waals surface area contributed by atoms with Crippen LogP contribution in [0.1, 0.15) is 17.5 Å². The lowest BCUT2D eigenvalue weighted by atomic mass is 10.1. The molecule has 0 unspecified atom stereocenters. The molecule has 0 aliphatic heterocycles. The Morgan fingerprint density at radius 1 is 1.10 bits per heavy atom. The van der Waals surface area contributed by atoms with Gasteiger partial charge in [-0.1, -0.05) is 23.7 Å². The van der Waals surface area contributed by atoms with Gasteiger partial charge in [0.1, 0.15) is 15.9 Å². The Morgan fingerprint density at radius 2 is 1.67 bits per heavy atom. The third kappa shape index (κ3) is 6.27. The molecule has 2 aromatic carbocycles. The van der Waals surface area contributed by atoms with Gasteiger partial charge in [0.2, 0.25) is 15.9 Å². The molecule has 2 N–H and O–H groups in total. The van der Waals surface area contributed by atoms with Gasteiger partial charge in [0.05, 0.1) is 22.3 Å². The van der Waals surface area contributed by atoms with Crippen molar-refractivity contribution in [2.75, 3.05) is 12.0 Å². The second kappa shape index (κ2) is 9.57. The Bertz CT molecular complexity index is 1160. The van der Waals surface area contributed by atoms with Crippen LogP contribution >= 0.6 is 11.6 Å². The number of benzene rings is 2. The summed E-state index contributed by atoms with van der Waals surface area (Å²) in [5.74, 6) is -1.38. The lowest BCUT2D eigenvalue weighted by molar-refractivity contribution is -0.121. The van der Waals surface area contributed by atoms with Crippen LogP contribution in [0.4, 0.5) is 0 Å². The highest BCUT2D eigenvalue weighted by Gasteiger charge is 2.35. The molecule has 8 nitrogen and oxygen atoms in total. The lowest BCUT2D eigenvalue weighted by Crippen LogP contribution is -2.48. The third-order valence-electron chi connectivity index (χ3n) is 4.28. The molecule has 0 saturated carbocycles. The van der Waals surface area contributed by atoms with Crippen molar-refractivity contribution in [1.82, 2.24) is 4.31 Å². The quantitative estimate of drug-likeness (QED) is 0.592. The molecule has 0 bridgehead atoms. The van der Waals surface area contributed by atoms with Crippen LogP contribution in [-0.4, -0.2) is 45.1 Å². The van der Waals surface area contributed by atoms with Gasteiger partial charge in [-0.2, -0.15) is 9.57 Å². The van der Waals surface area contributed by atoms with Crippen LogP contribution in [0.2, 0.25) is 5.02 Å². The zero-order valence-electron chi connectivity index (χ0n) is 16.0. The van der Waals surface area contributed by atoms with E-state index >= 15 is 0 Å². The molecule has 0 spiro atoms. The van der Waals surface area contributed by atoms with Crippen LogP contribution in [0.25, 0.3) is 0 Å². The van der Waals surface area contributed by atoms with Gasteiger partial charge in [0.25, 0.3) is 0 Å². The maximum Gasteiger partial charge on any atom is 0.244 e. The van der Waals surface area contributed by atoms with Gasteiger partial charge in [-0.15, -0.1) is 0 Å². The monoisotopic (exact) mass is 469 g/mol. The van der Waals surface area contributed by atoms with E-state index in [1.165, 1.54) is 36.4 Å². The Morgan fingerprint density at radius 3 is 2.13 bits per heavy atom. The van der Waals surface area contributed by atoms with Gasteiger partial charge in [-0.05, 0) is 48.4 Å². The van der Waals surface area contributed by atoms with Crippen LogP contribution in [0, 0.1) is 11.3 Å². The fourth-order valence-corrected chi connectivity index (χ4v) is 5.11. The zero-order valence-corrected chi connectivity index (χ0v) is 18.4. The summed E-state index contributed by atoms with van der Waals surface area (Å²) in [6.45, 7) is -0.242. The average molecular weight is 470 g/mol. The number of nitrogens with zero attached hydrogens (tertiary/aromatic N) is 2. The van der Waals surface area contributed by atoms with E-state index in [1.54, 1.807) is 12.1 Å². The lowest BCUT2D eigenvalue weighted by Gasteiger charge is -2.29. The molecule has 2 rings (SSSR count). The number of carbonyl (C=O) groups excluding carboxylic acids is 1. The number of nitrogens with two attached hydrogens (primary N) is 1. The fraction of sp³-hybridized carbons (Fsp3) is 0.263. The van der Waals surface area contributed by atoms with E-state index < -0.39 is 37.6 Å². The van der Waals surface area contributed by atoms with Crippen molar-refractivity contribution in [2.24, 2.45) is 5.73 Å². The van der Waals surface area contributed by atoms with Crippen molar-refractivity contribution in [3.05, 3.63) is 64.7 Å². The first-order chi connectivity index (χ1) is 13.9. The van der Waals surface area contributed by atoms with E-state index in [0.717, 1.165) is 10.6 Å². The summed E-state index contributed by atoms with van der Waals surface area (Å²) in [5.41, 5.74) is 6.34. The Balaban J connectivity index is 2.52. The number of carbonyl (C=O) groups is 1. The number of primary amides is 1. The normalized spacial score (nSPS) is 13.0. The Kier molecular flexibility index (Phi) is 7.60. The SMILES string of the molecule is CS(=O)(=O)CC[C@H](C(N)=O)N(Cc1ccc(C#N)cc1)S(=O)(=O)c1ccc(Cl)cc1. The van der Waals surface area contributed by atoms with Crippen molar-refractivity contribution in [3.63, 3.8) is 0 Å². The standard InChI is InChI=1S/C19H20ClN3O5S2/c1-29(25,26)11-10-18(19(22)24)23(13-15-4-2-14(12-21)3-5-15)30(27,28)17-8-6-16(20)7-9-17/h2-9,18H,10-11,13H2,1H3,(H2,22,24)/t18-/m1/s1. The van der Waals surface area contributed by atoms with Crippen LogP contribution in [-0.2, 0) is 31.2 Å². The number of halogens is 1. The number of hydrogen-bond acceptors (Lipinski definition) is 6. The minimum Gasteiger partial charge on any atom is -0.368 e. The summed E-state index contributed by atoms with van der Waals surface area (Å²) >= 11 is 5.84. The third-order valence-corrected chi connectivity index (χ3v) is 7.38. The maximum absolute atomic E-state index is 13.3. The van der Waals surface area contributed by atoms with Gasteiger partial charge in [0, 0.05) is 17.8 Å². The summed E-state index contributed by atoms with van der Waals surface area (Å²) in [4.78, 5) is 12.0. The van der Waals surface area contributed by atoms with Crippen LogP contribution < -0.4 is 5.73 Å². The van der Waals surface area contributed by atoms with Crippen LogP contribution in [0.5, 0.6) is 0 Å².